The molecule has 0 aliphatic carbocycles. The molecule has 0 bridgehead atoms. The number of carbonyl (C=O) groups excluding carboxylic acids is 1. The molecule has 2 aromatic carbocycles. The second-order valence-corrected chi connectivity index (χ2v) is 6.54. The first-order valence-corrected chi connectivity index (χ1v) is 8.97. The van der Waals surface area contributed by atoms with Gasteiger partial charge in [0, 0.05) is 11.8 Å². The van der Waals surface area contributed by atoms with Crippen LogP contribution in [0.5, 0.6) is 5.75 Å². The van der Waals surface area contributed by atoms with Crippen LogP contribution in [0, 0.1) is 5.82 Å². The van der Waals surface area contributed by atoms with Crippen LogP contribution in [0.3, 0.4) is 0 Å². The first kappa shape index (κ1) is 19.2. The third-order valence-corrected chi connectivity index (χ3v) is 4.65. The molecule has 2 heterocycles. The van der Waals surface area contributed by atoms with E-state index in [0.717, 1.165) is 0 Å². The van der Waals surface area contributed by atoms with Crippen molar-refractivity contribution in [2.45, 2.75) is 6.04 Å². The Kier molecular flexibility index (Phi) is 4.93. The van der Waals surface area contributed by atoms with E-state index >= 15 is 0 Å². The zero-order chi connectivity index (χ0) is 21.3. The molecule has 3 N–H and O–H groups in total. The number of methoxy groups -OCH3 is 1. The van der Waals surface area contributed by atoms with Gasteiger partial charge in [-0.2, -0.15) is 5.10 Å². The number of ether oxygens (including phenoxy) is 1. The minimum Gasteiger partial charge on any atom is -0.497 e. The summed E-state index contributed by atoms with van der Waals surface area (Å²) in [6, 6.07) is 11.9. The molecule has 30 heavy (non-hydrogen) atoms. The van der Waals surface area contributed by atoms with E-state index in [2.05, 4.69) is 15.7 Å². The second-order valence-electron chi connectivity index (χ2n) is 6.54. The summed E-state index contributed by atoms with van der Waals surface area (Å²) in [6.45, 7) is 0. The van der Waals surface area contributed by atoms with Crippen molar-refractivity contribution >= 4 is 23.4 Å². The minimum absolute atomic E-state index is 0.104. The average molecular weight is 408 g/mol. The second kappa shape index (κ2) is 7.70. The summed E-state index contributed by atoms with van der Waals surface area (Å²) in [5.41, 5.74) is 1.20. The fourth-order valence-electron chi connectivity index (χ4n) is 3.18. The number of nitrogens with one attached hydrogen (secondary N) is 2. The lowest BCUT2D eigenvalue weighted by Crippen LogP contribution is -2.25. The summed E-state index contributed by atoms with van der Waals surface area (Å²) >= 11 is 0. The molecule has 0 unspecified atom stereocenters. The highest BCUT2D eigenvalue weighted by Gasteiger charge is 2.29. The maximum Gasteiger partial charge on any atom is 0.352 e. The van der Waals surface area contributed by atoms with Crippen LogP contribution < -0.4 is 15.4 Å². The topological polar surface area (TPSA) is 105 Å². The van der Waals surface area contributed by atoms with E-state index in [9.17, 15) is 19.1 Å². The van der Waals surface area contributed by atoms with Gasteiger partial charge in [-0.15, -0.1) is 0 Å². The maximum absolute atomic E-state index is 13.3. The number of aliphatic carboxylic acids is 1. The predicted octanol–water partition coefficient (Wildman–Crippen LogP) is 3.27. The summed E-state index contributed by atoms with van der Waals surface area (Å²) in [5.74, 6) is -1.26. The van der Waals surface area contributed by atoms with Crippen LogP contribution in [-0.2, 0) is 4.79 Å². The third kappa shape index (κ3) is 3.60. The maximum atomic E-state index is 13.3. The number of benzene rings is 2. The molecule has 1 aliphatic rings. The van der Waals surface area contributed by atoms with Gasteiger partial charge in [0.1, 0.15) is 28.6 Å². The monoisotopic (exact) mass is 408 g/mol. The molecule has 1 atom stereocenters. The Bertz CT molecular complexity index is 1150. The Hall–Kier alpha value is -4.14. The molecular weight excluding hydrogens is 391 g/mol. The van der Waals surface area contributed by atoms with Crippen LogP contribution >= 0.6 is 0 Å². The van der Waals surface area contributed by atoms with E-state index in [0.29, 0.717) is 17.0 Å². The number of amides is 1. The SMILES string of the molecule is COc1cccc(NC(=O)c2cnn3c2NC(C(=O)O)=C[C@H]3c2ccc(F)cc2)c1. The van der Waals surface area contributed by atoms with Crippen LogP contribution in [0.15, 0.2) is 66.5 Å². The van der Waals surface area contributed by atoms with Crippen LogP contribution in [0.2, 0.25) is 0 Å². The van der Waals surface area contributed by atoms with Crippen LogP contribution in [0.4, 0.5) is 15.9 Å². The van der Waals surface area contributed by atoms with Gasteiger partial charge in [0.25, 0.3) is 5.91 Å². The van der Waals surface area contributed by atoms with Crippen LogP contribution in [0.1, 0.15) is 22.0 Å². The van der Waals surface area contributed by atoms with Gasteiger partial charge in [-0.05, 0) is 35.9 Å². The van der Waals surface area contributed by atoms with Crippen molar-refractivity contribution in [3.8, 4) is 5.75 Å². The molecular formula is C21H17FN4O4. The number of rotatable bonds is 5. The molecule has 152 valence electrons. The zero-order valence-electron chi connectivity index (χ0n) is 15.8. The number of hydrogen-bond acceptors (Lipinski definition) is 5. The lowest BCUT2D eigenvalue weighted by atomic mass is 10.0. The van der Waals surface area contributed by atoms with Crippen molar-refractivity contribution < 1.29 is 23.8 Å². The van der Waals surface area contributed by atoms with Gasteiger partial charge in [-0.1, -0.05) is 18.2 Å². The van der Waals surface area contributed by atoms with E-state index in [1.807, 2.05) is 0 Å². The standard InChI is InChI=1S/C21H17FN4O4/c1-30-15-4-2-3-14(9-15)24-20(27)16-11-23-26-18(12-5-7-13(22)8-6-12)10-17(21(28)29)25-19(16)26/h2-11,18,25H,1H3,(H,24,27)(H,28,29)/t18-/m0/s1. The molecule has 1 aliphatic heterocycles. The van der Waals surface area contributed by atoms with E-state index in [1.54, 1.807) is 36.4 Å². The number of anilines is 2. The van der Waals surface area contributed by atoms with E-state index in [4.69, 9.17) is 4.74 Å². The fourth-order valence-corrected chi connectivity index (χ4v) is 3.18. The number of fused-ring (bicyclic) bond motifs is 1. The number of hydrogen-bond donors (Lipinski definition) is 3. The highest BCUT2D eigenvalue weighted by molar-refractivity contribution is 6.08. The zero-order valence-corrected chi connectivity index (χ0v) is 15.8. The molecule has 1 amide bonds. The fraction of sp³-hybridized carbons (Fsp3) is 0.0952. The summed E-state index contributed by atoms with van der Waals surface area (Å²) in [7, 11) is 1.52. The van der Waals surface area contributed by atoms with Gasteiger partial charge < -0.3 is 20.5 Å². The minimum atomic E-state index is -1.19. The van der Waals surface area contributed by atoms with Crippen molar-refractivity contribution in [3.05, 3.63) is 83.4 Å². The first-order valence-electron chi connectivity index (χ1n) is 8.97. The third-order valence-electron chi connectivity index (χ3n) is 4.65. The van der Waals surface area contributed by atoms with Gasteiger partial charge in [-0.3, -0.25) is 4.79 Å². The van der Waals surface area contributed by atoms with Crippen LogP contribution in [0.25, 0.3) is 0 Å². The molecule has 0 radical (unpaired) electrons. The average Bonchev–Trinajstić information content (AvgIpc) is 3.18. The molecule has 8 nitrogen and oxygen atoms in total. The Morgan fingerprint density at radius 1 is 1.23 bits per heavy atom. The lowest BCUT2D eigenvalue weighted by molar-refractivity contribution is -0.132. The summed E-state index contributed by atoms with van der Waals surface area (Å²) in [4.78, 5) is 24.5. The molecule has 1 aromatic heterocycles. The van der Waals surface area contributed by atoms with Crippen molar-refractivity contribution in [1.82, 2.24) is 9.78 Å². The predicted molar refractivity (Wildman–Crippen MR) is 107 cm³/mol. The Morgan fingerprint density at radius 3 is 2.70 bits per heavy atom. The number of nitrogens with zero attached hydrogens (tertiary/aromatic N) is 2. The first-order chi connectivity index (χ1) is 14.5. The van der Waals surface area contributed by atoms with Crippen molar-refractivity contribution in [1.29, 1.82) is 0 Å². The Labute approximate surface area is 170 Å². The molecule has 4 rings (SSSR count). The summed E-state index contributed by atoms with van der Waals surface area (Å²) in [5, 5.41) is 19.3. The number of aromatic nitrogens is 2. The highest BCUT2D eigenvalue weighted by Crippen LogP contribution is 2.32. The molecule has 9 heteroatoms. The van der Waals surface area contributed by atoms with Gasteiger partial charge >= 0.3 is 5.97 Å². The lowest BCUT2D eigenvalue weighted by Gasteiger charge is -2.24. The molecule has 0 saturated carbocycles. The van der Waals surface area contributed by atoms with E-state index in [1.165, 1.54) is 36.2 Å². The number of carboxylic acids is 1. The van der Waals surface area contributed by atoms with Gasteiger partial charge in [0.05, 0.1) is 19.3 Å². The van der Waals surface area contributed by atoms with Gasteiger partial charge in [0.15, 0.2) is 0 Å². The number of allylic oxidation sites excluding steroid dienone is 1. The smallest absolute Gasteiger partial charge is 0.352 e. The van der Waals surface area contributed by atoms with Crippen molar-refractivity contribution in [2.24, 2.45) is 0 Å². The van der Waals surface area contributed by atoms with Crippen LogP contribution in [-0.4, -0.2) is 33.9 Å². The molecule has 0 saturated heterocycles. The number of carbonyl (C=O) groups is 2. The van der Waals surface area contributed by atoms with Crippen molar-refractivity contribution in [3.63, 3.8) is 0 Å². The summed E-state index contributed by atoms with van der Waals surface area (Å²) < 4.78 is 20.0. The molecule has 3 aromatic rings. The Morgan fingerprint density at radius 2 is 2.00 bits per heavy atom. The quantitative estimate of drug-likeness (QED) is 0.598. The normalized spacial score (nSPS) is 14.9. The largest absolute Gasteiger partial charge is 0.497 e. The van der Waals surface area contributed by atoms with Crippen molar-refractivity contribution in [2.75, 3.05) is 17.7 Å². The number of carboxylic acid groups (broad SMARTS) is 1. The van der Waals surface area contributed by atoms with E-state index < -0.39 is 23.7 Å². The Balaban J connectivity index is 1.70. The number of halogens is 1. The molecule has 0 spiro atoms. The van der Waals surface area contributed by atoms with E-state index in [-0.39, 0.29) is 17.1 Å². The van der Waals surface area contributed by atoms with Gasteiger partial charge in [0.2, 0.25) is 0 Å². The summed E-state index contributed by atoms with van der Waals surface area (Å²) in [6.07, 6.45) is 2.81. The van der Waals surface area contributed by atoms with Gasteiger partial charge in [-0.25, -0.2) is 13.9 Å². The molecule has 0 fully saturated rings. The highest BCUT2D eigenvalue weighted by atomic mass is 19.1.